The average Bonchev–Trinajstić information content (AvgIpc) is 2.35. The summed E-state index contributed by atoms with van der Waals surface area (Å²) in [6.07, 6.45) is 3.21. The Balaban J connectivity index is 3.77. The first-order valence-corrected chi connectivity index (χ1v) is 6.91. The molecule has 0 aliphatic carbocycles. The Morgan fingerprint density at radius 2 is 1.78 bits per heavy atom. The van der Waals surface area contributed by atoms with Gasteiger partial charge in [-0.05, 0) is 39.7 Å². The summed E-state index contributed by atoms with van der Waals surface area (Å²) in [7, 11) is 3.47. The largest absolute Gasteiger partial charge is 0.382 e. The average molecular weight is 261 g/mol. The Kier molecular flexibility index (Phi) is 10.6. The number of methoxy groups -OCH3 is 2. The van der Waals surface area contributed by atoms with Crippen molar-refractivity contribution in [2.45, 2.75) is 51.7 Å². The van der Waals surface area contributed by atoms with E-state index >= 15 is 0 Å². The van der Waals surface area contributed by atoms with Gasteiger partial charge in [0.1, 0.15) is 0 Å². The van der Waals surface area contributed by atoms with E-state index in [0.717, 1.165) is 32.4 Å². The van der Waals surface area contributed by atoms with Crippen LogP contribution in [0.25, 0.3) is 0 Å². The van der Waals surface area contributed by atoms with Gasteiger partial charge < -0.3 is 19.5 Å². The van der Waals surface area contributed by atoms with E-state index < -0.39 is 0 Å². The van der Waals surface area contributed by atoms with Gasteiger partial charge in [-0.15, -0.1) is 0 Å². The first-order chi connectivity index (χ1) is 8.55. The zero-order valence-corrected chi connectivity index (χ0v) is 12.8. The minimum Gasteiger partial charge on any atom is -0.382 e. The molecular formula is C14H31NO3. The molecule has 0 heterocycles. The molecule has 0 aromatic carbocycles. The van der Waals surface area contributed by atoms with E-state index in [0.29, 0.717) is 19.3 Å². The topological polar surface area (TPSA) is 39.7 Å². The summed E-state index contributed by atoms with van der Waals surface area (Å²) in [5, 5.41) is 3.50. The standard InChI is InChI=1S/C14H31NO3/c1-6-15-13(7-9-14(2,3)17-5)8-10-18-12-11-16-4/h13,15H,6-12H2,1-5H3. The van der Waals surface area contributed by atoms with Crippen molar-refractivity contribution in [3.63, 3.8) is 0 Å². The fourth-order valence-corrected chi connectivity index (χ4v) is 1.73. The highest BCUT2D eigenvalue weighted by Crippen LogP contribution is 2.17. The van der Waals surface area contributed by atoms with Gasteiger partial charge in [-0.25, -0.2) is 0 Å². The molecule has 0 saturated carbocycles. The van der Waals surface area contributed by atoms with Crippen molar-refractivity contribution in [2.75, 3.05) is 40.6 Å². The van der Waals surface area contributed by atoms with Crippen molar-refractivity contribution in [1.82, 2.24) is 5.32 Å². The summed E-state index contributed by atoms with van der Waals surface area (Å²) < 4.78 is 15.9. The zero-order chi connectivity index (χ0) is 13.9. The zero-order valence-electron chi connectivity index (χ0n) is 12.8. The highest BCUT2D eigenvalue weighted by molar-refractivity contribution is 4.74. The molecular weight excluding hydrogens is 230 g/mol. The van der Waals surface area contributed by atoms with Crippen LogP contribution >= 0.6 is 0 Å². The molecule has 0 fully saturated rings. The number of nitrogens with one attached hydrogen (secondary N) is 1. The van der Waals surface area contributed by atoms with Crippen LogP contribution in [0.2, 0.25) is 0 Å². The molecule has 0 bridgehead atoms. The fourth-order valence-electron chi connectivity index (χ4n) is 1.73. The van der Waals surface area contributed by atoms with Gasteiger partial charge in [0.25, 0.3) is 0 Å². The van der Waals surface area contributed by atoms with Gasteiger partial charge in [-0.2, -0.15) is 0 Å². The predicted octanol–water partition coefficient (Wildman–Crippen LogP) is 2.22. The lowest BCUT2D eigenvalue weighted by molar-refractivity contribution is 0.0101. The Morgan fingerprint density at radius 1 is 1.06 bits per heavy atom. The molecule has 0 aromatic rings. The molecule has 1 atom stereocenters. The van der Waals surface area contributed by atoms with Gasteiger partial charge in [-0.1, -0.05) is 6.92 Å². The van der Waals surface area contributed by atoms with E-state index in [9.17, 15) is 0 Å². The molecule has 1 N–H and O–H groups in total. The lowest BCUT2D eigenvalue weighted by Gasteiger charge is -2.26. The van der Waals surface area contributed by atoms with E-state index in [1.165, 1.54) is 0 Å². The highest BCUT2D eigenvalue weighted by atomic mass is 16.5. The van der Waals surface area contributed by atoms with Crippen molar-refractivity contribution < 1.29 is 14.2 Å². The SMILES string of the molecule is CCNC(CCOCCOC)CCC(C)(C)OC. The van der Waals surface area contributed by atoms with Crippen molar-refractivity contribution in [3.05, 3.63) is 0 Å². The van der Waals surface area contributed by atoms with Crippen LogP contribution in [-0.4, -0.2) is 52.2 Å². The molecule has 18 heavy (non-hydrogen) atoms. The van der Waals surface area contributed by atoms with Crippen LogP contribution in [-0.2, 0) is 14.2 Å². The number of hydrogen-bond acceptors (Lipinski definition) is 4. The van der Waals surface area contributed by atoms with Crippen LogP contribution in [0, 0.1) is 0 Å². The summed E-state index contributed by atoms with van der Waals surface area (Å²) >= 11 is 0. The summed E-state index contributed by atoms with van der Waals surface area (Å²) in [5.41, 5.74) is -0.0371. The fraction of sp³-hybridized carbons (Fsp3) is 1.00. The van der Waals surface area contributed by atoms with E-state index in [-0.39, 0.29) is 5.60 Å². The van der Waals surface area contributed by atoms with Crippen LogP contribution in [0.4, 0.5) is 0 Å². The van der Waals surface area contributed by atoms with Crippen LogP contribution in [0.5, 0.6) is 0 Å². The molecule has 0 radical (unpaired) electrons. The monoisotopic (exact) mass is 261 g/mol. The molecule has 4 nitrogen and oxygen atoms in total. The molecule has 0 saturated heterocycles. The lowest BCUT2D eigenvalue weighted by Crippen LogP contribution is -2.33. The molecule has 0 amide bonds. The molecule has 0 aliphatic rings. The Labute approximate surface area is 112 Å². The summed E-state index contributed by atoms with van der Waals surface area (Å²) in [4.78, 5) is 0. The van der Waals surface area contributed by atoms with Crippen molar-refractivity contribution >= 4 is 0 Å². The van der Waals surface area contributed by atoms with E-state index in [4.69, 9.17) is 14.2 Å². The maximum Gasteiger partial charge on any atom is 0.0700 e. The second-order valence-corrected chi connectivity index (χ2v) is 5.15. The van der Waals surface area contributed by atoms with Crippen LogP contribution in [0.1, 0.15) is 40.0 Å². The molecule has 0 aliphatic heterocycles. The summed E-state index contributed by atoms with van der Waals surface area (Å²) in [6, 6.07) is 0.506. The van der Waals surface area contributed by atoms with E-state index in [2.05, 4.69) is 26.1 Å². The molecule has 0 aromatic heterocycles. The molecule has 1 unspecified atom stereocenters. The van der Waals surface area contributed by atoms with Crippen molar-refractivity contribution in [3.8, 4) is 0 Å². The lowest BCUT2D eigenvalue weighted by atomic mass is 9.97. The quantitative estimate of drug-likeness (QED) is 0.547. The predicted molar refractivity (Wildman–Crippen MR) is 75.1 cm³/mol. The smallest absolute Gasteiger partial charge is 0.0700 e. The minimum atomic E-state index is -0.0371. The van der Waals surface area contributed by atoms with Crippen molar-refractivity contribution in [2.24, 2.45) is 0 Å². The Morgan fingerprint density at radius 3 is 2.33 bits per heavy atom. The normalized spacial score (nSPS) is 13.8. The molecule has 4 heteroatoms. The van der Waals surface area contributed by atoms with Crippen molar-refractivity contribution in [1.29, 1.82) is 0 Å². The minimum absolute atomic E-state index is 0.0371. The molecule has 0 rings (SSSR count). The highest BCUT2D eigenvalue weighted by Gasteiger charge is 2.18. The molecule has 110 valence electrons. The first kappa shape index (κ1) is 17.8. The van der Waals surface area contributed by atoms with Gasteiger partial charge >= 0.3 is 0 Å². The number of hydrogen-bond donors (Lipinski definition) is 1. The molecule has 0 spiro atoms. The first-order valence-electron chi connectivity index (χ1n) is 6.91. The van der Waals surface area contributed by atoms with Gasteiger partial charge in [-0.3, -0.25) is 0 Å². The van der Waals surface area contributed by atoms with Gasteiger partial charge in [0, 0.05) is 26.9 Å². The second kappa shape index (κ2) is 10.7. The van der Waals surface area contributed by atoms with E-state index in [1.807, 2.05) is 0 Å². The van der Waals surface area contributed by atoms with Crippen LogP contribution in [0.15, 0.2) is 0 Å². The van der Waals surface area contributed by atoms with Gasteiger partial charge in [0.2, 0.25) is 0 Å². The Hall–Kier alpha value is -0.160. The third-order valence-corrected chi connectivity index (χ3v) is 3.18. The summed E-state index contributed by atoms with van der Waals surface area (Å²) in [6.45, 7) is 9.53. The number of ether oxygens (including phenoxy) is 3. The summed E-state index contributed by atoms with van der Waals surface area (Å²) in [5.74, 6) is 0. The maximum atomic E-state index is 5.51. The third-order valence-electron chi connectivity index (χ3n) is 3.18. The van der Waals surface area contributed by atoms with Crippen LogP contribution < -0.4 is 5.32 Å². The second-order valence-electron chi connectivity index (χ2n) is 5.15. The number of rotatable bonds is 12. The van der Waals surface area contributed by atoms with Crippen LogP contribution in [0.3, 0.4) is 0 Å². The van der Waals surface area contributed by atoms with E-state index in [1.54, 1.807) is 14.2 Å². The van der Waals surface area contributed by atoms with Gasteiger partial charge in [0.05, 0.1) is 18.8 Å². The Bertz CT molecular complexity index is 186. The third kappa shape index (κ3) is 9.83. The maximum absolute atomic E-state index is 5.51. The van der Waals surface area contributed by atoms with Gasteiger partial charge in [0.15, 0.2) is 0 Å².